The Morgan fingerprint density at radius 3 is 2.62 bits per heavy atom. The lowest BCUT2D eigenvalue weighted by atomic mass is 10.1. The third-order valence-corrected chi connectivity index (χ3v) is 7.24. The van der Waals surface area contributed by atoms with Crippen LogP contribution in [0, 0.1) is 24.4 Å². The van der Waals surface area contributed by atoms with Crippen LogP contribution in [0.1, 0.15) is 39.3 Å². The summed E-state index contributed by atoms with van der Waals surface area (Å²) in [4.78, 5) is 24.5. The predicted octanol–water partition coefficient (Wildman–Crippen LogP) is 5.88. The van der Waals surface area contributed by atoms with Crippen molar-refractivity contribution >= 4 is 17.0 Å². The maximum Gasteiger partial charge on any atom is 0.335 e. The Bertz CT molecular complexity index is 1820. The summed E-state index contributed by atoms with van der Waals surface area (Å²) >= 11 is 0. The minimum absolute atomic E-state index is 0.00412. The molecule has 214 valence electrons. The minimum Gasteiger partial charge on any atom is -0.478 e. The number of carboxylic acid groups (broad SMARTS) is 1. The molecule has 0 aliphatic carbocycles. The number of halogens is 3. The van der Waals surface area contributed by atoms with E-state index in [0.29, 0.717) is 42.0 Å². The number of ether oxygens (including phenoxy) is 2. The average Bonchev–Trinajstić information content (AvgIpc) is 3.28. The Balaban J connectivity index is 1.23. The van der Waals surface area contributed by atoms with E-state index in [1.165, 1.54) is 31.3 Å². The van der Waals surface area contributed by atoms with Crippen molar-refractivity contribution in [2.45, 2.75) is 39.0 Å². The van der Waals surface area contributed by atoms with E-state index >= 15 is 4.39 Å². The van der Waals surface area contributed by atoms with E-state index in [9.17, 15) is 18.7 Å². The maximum atomic E-state index is 15.4. The average molecular weight is 575 g/mol. The largest absolute Gasteiger partial charge is 0.478 e. The van der Waals surface area contributed by atoms with Crippen LogP contribution < -0.4 is 4.74 Å². The zero-order valence-corrected chi connectivity index (χ0v) is 22.5. The molecule has 11 heteroatoms. The molecule has 0 spiro atoms. The molecule has 1 N–H and O–H groups in total. The molecule has 0 radical (unpaired) electrons. The van der Waals surface area contributed by atoms with Gasteiger partial charge in [-0.2, -0.15) is 4.98 Å². The van der Waals surface area contributed by atoms with E-state index in [1.54, 1.807) is 24.3 Å². The minimum atomic E-state index is -1.03. The third kappa shape index (κ3) is 5.55. The number of fused-ring (bicyclic) bond motifs is 1. The standard InChI is InChI=1S/C31H25F3N4O4/c1-17-10-24(33)20(13-23(17)32)16-42-31-35-8-6-26(37-31)22-4-2-18(11-25(22)34)12-29-36-27-5-3-19(30(39)40)14-28(27)38(29)15-21-7-9-41-21/h2-6,8,10-11,13-14,21H,7,9,12,15-16H2,1H3,(H,39,40)/t21-/m0/s1. The Labute approximate surface area is 238 Å². The van der Waals surface area contributed by atoms with Gasteiger partial charge in [-0.3, -0.25) is 0 Å². The normalized spacial score (nSPS) is 14.6. The highest BCUT2D eigenvalue weighted by atomic mass is 19.1. The lowest BCUT2D eigenvalue weighted by Gasteiger charge is -2.27. The molecular weight excluding hydrogens is 549 g/mol. The smallest absolute Gasteiger partial charge is 0.335 e. The van der Waals surface area contributed by atoms with Crippen LogP contribution in [0.25, 0.3) is 22.3 Å². The van der Waals surface area contributed by atoms with Crippen LogP contribution in [-0.2, 0) is 24.3 Å². The van der Waals surface area contributed by atoms with Gasteiger partial charge in [-0.1, -0.05) is 6.07 Å². The molecule has 2 aromatic heterocycles. The summed E-state index contributed by atoms with van der Waals surface area (Å²) < 4.78 is 56.4. The van der Waals surface area contributed by atoms with Crippen molar-refractivity contribution in [2.24, 2.45) is 0 Å². The first kappa shape index (κ1) is 27.4. The zero-order chi connectivity index (χ0) is 29.4. The van der Waals surface area contributed by atoms with E-state index in [0.717, 1.165) is 18.6 Å². The molecule has 42 heavy (non-hydrogen) atoms. The molecule has 1 aliphatic heterocycles. The van der Waals surface area contributed by atoms with Gasteiger partial charge < -0.3 is 19.1 Å². The van der Waals surface area contributed by atoms with Gasteiger partial charge in [-0.05, 0) is 73.0 Å². The fraction of sp³-hybridized carbons (Fsp3) is 0.226. The van der Waals surface area contributed by atoms with Gasteiger partial charge in [0.2, 0.25) is 0 Å². The predicted molar refractivity (Wildman–Crippen MR) is 147 cm³/mol. The van der Waals surface area contributed by atoms with Gasteiger partial charge in [0.15, 0.2) is 0 Å². The number of aromatic carboxylic acids is 1. The fourth-order valence-electron chi connectivity index (χ4n) is 4.84. The molecule has 1 fully saturated rings. The van der Waals surface area contributed by atoms with Gasteiger partial charge in [0.1, 0.15) is 29.9 Å². The molecule has 5 aromatic rings. The first-order chi connectivity index (χ1) is 20.2. The Kier molecular flexibility index (Phi) is 7.34. The summed E-state index contributed by atoms with van der Waals surface area (Å²) in [7, 11) is 0. The number of rotatable bonds is 9. The van der Waals surface area contributed by atoms with Crippen LogP contribution in [0.15, 0.2) is 60.8 Å². The maximum absolute atomic E-state index is 15.4. The number of hydrogen-bond acceptors (Lipinski definition) is 6. The molecule has 1 saturated heterocycles. The van der Waals surface area contributed by atoms with Crippen molar-refractivity contribution < 1.29 is 32.5 Å². The van der Waals surface area contributed by atoms with Crippen LogP contribution in [-0.4, -0.2) is 43.3 Å². The monoisotopic (exact) mass is 574 g/mol. The molecule has 0 unspecified atom stereocenters. The number of nitrogens with zero attached hydrogens (tertiary/aromatic N) is 4. The number of imidazole rings is 1. The molecule has 0 bridgehead atoms. The van der Waals surface area contributed by atoms with Crippen LogP contribution in [0.4, 0.5) is 13.2 Å². The highest BCUT2D eigenvalue weighted by molar-refractivity contribution is 5.92. The highest BCUT2D eigenvalue weighted by Gasteiger charge is 2.23. The second kappa shape index (κ2) is 11.2. The van der Waals surface area contributed by atoms with Gasteiger partial charge in [0.25, 0.3) is 0 Å². The molecule has 6 rings (SSSR count). The molecule has 3 aromatic carbocycles. The number of hydrogen-bond donors (Lipinski definition) is 1. The summed E-state index contributed by atoms with van der Waals surface area (Å²) in [5.74, 6) is -2.06. The number of aromatic nitrogens is 4. The van der Waals surface area contributed by atoms with Crippen molar-refractivity contribution in [3.63, 3.8) is 0 Å². The van der Waals surface area contributed by atoms with E-state index in [1.807, 2.05) is 4.57 Å². The first-order valence-electron chi connectivity index (χ1n) is 13.3. The summed E-state index contributed by atoms with van der Waals surface area (Å²) in [6.45, 7) is 2.36. The number of benzene rings is 3. The van der Waals surface area contributed by atoms with Crippen LogP contribution in [0.5, 0.6) is 6.01 Å². The quantitative estimate of drug-likeness (QED) is 0.235. The number of aryl methyl sites for hydroxylation is 1. The molecule has 1 aliphatic rings. The highest BCUT2D eigenvalue weighted by Crippen LogP contribution is 2.27. The summed E-state index contributed by atoms with van der Waals surface area (Å²) in [5, 5.41) is 9.45. The lowest BCUT2D eigenvalue weighted by Crippen LogP contribution is -2.31. The molecule has 8 nitrogen and oxygen atoms in total. The number of carbonyl (C=O) groups is 1. The van der Waals surface area contributed by atoms with Gasteiger partial charge in [-0.25, -0.2) is 27.9 Å². The van der Waals surface area contributed by atoms with Gasteiger partial charge in [-0.15, -0.1) is 0 Å². The molecular formula is C31H25F3N4O4. The Morgan fingerprint density at radius 1 is 1.05 bits per heavy atom. The van der Waals surface area contributed by atoms with Crippen LogP contribution >= 0.6 is 0 Å². The summed E-state index contributed by atoms with van der Waals surface area (Å²) in [6.07, 6.45) is 2.60. The second-order valence-electron chi connectivity index (χ2n) is 10.1. The van der Waals surface area contributed by atoms with Crippen LogP contribution in [0.3, 0.4) is 0 Å². The second-order valence-corrected chi connectivity index (χ2v) is 10.1. The fourth-order valence-corrected chi connectivity index (χ4v) is 4.84. The third-order valence-electron chi connectivity index (χ3n) is 7.24. The van der Waals surface area contributed by atoms with Crippen molar-refractivity contribution in [3.05, 3.63) is 106 Å². The summed E-state index contributed by atoms with van der Waals surface area (Å²) in [5.41, 5.74) is 2.80. The number of carboxylic acids is 1. The molecule has 1 atom stereocenters. The van der Waals surface area contributed by atoms with E-state index < -0.39 is 23.4 Å². The van der Waals surface area contributed by atoms with E-state index in [-0.39, 0.29) is 46.7 Å². The van der Waals surface area contributed by atoms with E-state index in [4.69, 9.17) is 14.5 Å². The van der Waals surface area contributed by atoms with E-state index in [2.05, 4.69) is 9.97 Å². The first-order valence-corrected chi connectivity index (χ1v) is 13.3. The molecule has 0 amide bonds. The van der Waals surface area contributed by atoms with Gasteiger partial charge >= 0.3 is 12.0 Å². The zero-order valence-electron chi connectivity index (χ0n) is 22.5. The summed E-state index contributed by atoms with van der Waals surface area (Å²) in [6, 6.07) is 13.1. The lowest BCUT2D eigenvalue weighted by molar-refractivity contribution is -0.0589. The van der Waals surface area contributed by atoms with Gasteiger partial charge in [0, 0.05) is 30.4 Å². The molecule has 0 saturated carbocycles. The van der Waals surface area contributed by atoms with Crippen LogP contribution in [0.2, 0.25) is 0 Å². The SMILES string of the molecule is Cc1cc(F)c(COc2nccc(-c3ccc(Cc4nc5ccc(C(=O)O)cc5n4C[C@@H]4CCO4)cc3F)n2)cc1F. The van der Waals surface area contributed by atoms with Gasteiger partial charge in [0.05, 0.1) is 34.9 Å². The van der Waals surface area contributed by atoms with Crippen molar-refractivity contribution in [2.75, 3.05) is 6.61 Å². The topological polar surface area (TPSA) is 99.4 Å². The molecule has 3 heterocycles. The van der Waals surface area contributed by atoms with Crippen molar-refractivity contribution in [1.29, 1.82) is 0 Å². The van der Waals surface area contributed by atoms with Crippen molar-refractivity contribution in [3.8, 4) is 17.3 Å². The Hall–Kier alpha value is -4.77. The Morgan fingerprint density at radius 2 is 1.88 bits per heavy atom. The van der Waals surface area contributed by atoms with Crippen molar-refractivity contribution in [1.82, 2.24) is 19.5 Å².